The lowest BCUT2D eigenvalue weighted by atomic mass is 10.0. The summed E-state index contributed by atoms with van der Waals surface area (Å²) in [6.07, 6.45) is 4.58. The van der Waals surface area contributed by atoms with Gasteiger partial charge in [0, 0.05) is 29.5 Å². The van der Waals surface area contributed by atoms with Crippen molar-refractivity contribution >= 4 is 11.6 Å². The molecule has 1 atom stereocenters. The average molecular weight is 296 g/mol. The third kappa shape index (κ3) is 3.02. The monoisotopic (exact) mass is 295 g/mol. The minimum absolute atomic E-state index is 0.309. The standard InChI is InChI=1S/C15H19ClFN3/c1-3-8-18-14(15-19-9-10-20(15)4-2)13-11(16)6-5-7-12(13)17/h5-7,9-10,14,18H,3-4,8H2,1-2H3. The third-order valence-corrected chi connectivity index (χ3v) is 3.56. The van der Waals surface area contributed by atoms with Crippen LogP contribution in [0.3, 0.4) is 0 Å². The normalized spacial score (nSPS) is 12.6. The van der Waals surface area contributed by atoms with Crippen LogP contribution in [-0.4, -0.2) is 16.1 Å². The van der Waals surface area contributed by atoms with E-state index < -0.39 is 0 Å². The van der Waals surface area contributed by atoms with Crippen LogP contribution in [0.5, 0.6) is 0 Å². The highest BCUT2D eigenvalue weighted by atomic mass is 35.5. The molecule has 3 nitrogen and oxygen atoms in total. The van der Waals surface area contributed by atoms with Gasteiger partial charge in [0.05, 0.1) is 6.04 Å². The van der Waals surface area contributed by atoms with Crippen molar-refractivity contribution in [3.05, 3.63) is 52.8 Å². The maximum atomic E-state index is 14.2. The van der Waals surface area contributed by atoms with Crippen molar-refractivity contribution in [1.29, 1.82) is 0 Å². The van der Waals surface area contributed by atoms with Crippen LogP contribution in [0.15, 0.2) is 30.6 Å². The molecule has 20 heavy (non-hydrogen) atoms. The number of hydrogen-bond donors (Lipinski definition) is 1. The van der Waals surface area contributed by atoms with E-state index in [0.29, 0.717) is 10.6 Å². The van der Waals surface area contributed by atoms with E-state index in [2.05, 4.69) is 17.2 Å². The van der Waals surface area contributed by atoms with Gasteiger partial charge in [0.2, 0.25) is 0 Å². The molecule has 1 N–H and O–H groups in total. The first-order chi connectivity index (χ1) is 9.69. The van der Waals surface area contributed by atoms with Gasteiger partial charge < -0.3 is 9.88 Å². The van der Waals surface area contributed by atoms with Gasteiger partial charge in [0.1, 0.15) is 11.6 Å². The van der Waals surface area contributed by atoms with E-state index in [4.69, 9.17) is 11.6 Å². The zero-order chi connectivity index (χ0) is 14.5. The summed E-state index contributed by atoms with van der Waals surface area (Å²) in [4.78, 5) is 4.37. The van der Waals surface area contributed by atoms with E-state index in [-0.39, 0.29) is 11.9 Å². The fourth-order valence-electron chi connectivity index (χ4n) is 2.25. The SMILES string of the molecule is CCCNC(c1c(F)cccc1Cl)c1nccn1CC. The van der Waals surface area contributed by atoms with E-state index in [1.807, 2.05) is 17.7 Å². The van der Waals surface area contributed by atoms with E-state index in [1.165, 1.54) is 6.07 Å². The lowest BCUT2D eigenvalue weighted by molar-refractivity contribution is 0.511. The number of hydrogen-bond acceptors (Lipinski definition) is 2. The largest absolute Gasteiger partial charge is 0.334 e. The van der Waals surface area contributed by atoms with E-state index in [0.717, 1.165) is 25.3 Å². The highest BCUT2D eigenvalue weighted by Crippen LogP contribution is 2.30. The molecule has 0 aliphatic rings. The summed E-state index contributed by atoms with van der Waals surface area (Å²) in [5.74, 6) is 0.477. The van der Waals surface area contributed by atoms with Crippen LogP contribution in [0, 0.1) is 5.82 Å². The molecule has 0 fully saturated rings. The molecule has 0 saturated carbocycles. The number of benzene rings is 1. The molecule has 2 rings (SSSR count). The minimum atomic E-state index is -0.335. The number of aromatic nitrogens is 2. The minimum Gasteiger partial charge on any atom is -0.334 e. The molecular weight excluding hydrogens is 277 g/mol. The highest BCUT2D eigenvalue weighted by molar-refractivity contribution is 6.31. The second-order valence-electron chi connectivity index (χ2n) is 4.59. The molecule has 1 aromatic heterocycles. The van der Waals surface area contributed by atoms with Crippen LogP contribution in [0.25, 0.3) is 0 Å². The molecule has 2 aromatic rings. The first-order valence-electron chi connectivity index (χ1n) is 6.87. The number of imidazole rings is 1. The van der Waals surface area contributed by atoms with Crippen molar-refractivity contribution in [3.63, 3.8) is 0 Å². The second kappa shape index (κ2) is 6.86. The quantitative estimate of drug-likeness (QED) is 0.879. The van der Waals surface area contributed by atoms with Gasteiger partial charge in [0.15, 0.2) is 0 Å². The van der Waals surface area contributed by atoms with Crippen molar-refractivity contribution in [3.8, 4) is 0 Å². The van der Waals surface area contributed by atoms with Gasteiger partial charge >= 0.3 is 0 Å². The number of rotatable bonds is 6. The van der Waals surface area contributed by atoms with Gasteiger partial charge in [0.25, 0.3) is 0 Å². The summed E-state index contributed by atoms with van der Waals surface area (Å²) in [5.41, 5.74) is 0.462. The summed E-state index contributed by atoms with van der Waals surface area (Å²) in [6.45, 7) is 5.65. The molecule has 0 amide bonds. The summed E-state index contributed by atoms with van der Waals surface area (Å²) in [5, 5.41) is 3.76. The molecule has 0 bridgehead atoms. The molecule has 0 aliphatic carbocycles. The zero-order valence-electron chi connectivity index (χ0n) is 11.7. The predicted octanol–water partition coefficient (Wildman–Crippen LogP) is 3.78. The van der Waals surface area contributed by atoms with Gasteiger partial charge in [-0.1, -0.05) is 24.6 Å². The Morgan fingerprint density at radius 2 is 2.20 bits per heavy atom. The fraction of sp³-hybridized carbons (Fsp3) is 0.400. The molecule has 0 spiro atoms. The molecule has 1 aromatic carbocycles. The van der Waals surface area contributed by atoms with Crippen molar-refractivity contribution in [2.45, 2.75) is 32.9 Å². The fourth-order valence-corrected chi connectivity index (χ4v) is 2.52. The Morgan fingerprint density at radius 1 is 1.40 bits per heavy atom. The number of halogens is 2. The molecule has 1 unspecified atom stereocenters. The van der Waals surface area contributed by atoms with Crippen molar-refractivity contribution in [2.24, 2.45) is 0 Å². The Bertz CT molecular complexity index is 548. The van der Waals surface area contributed by atoms with Crippen molar-refractivity contribution < 1.29 is 4.39 Å². The average Bonchev–Trinajstić information content (AvgIpc) is 2.90. The van der Waals surface area contributed by atoms with Crippen LogP contribution >= 0.6 is 11.6 Å². The smallest absolute Gasteiger partial charge is 0.130 e. The van der Waals surface area contributed by atoms with E-state index in [1.54, 1.807) is 18.3 Å². The van der Waals surface area contributed by atoms with Gasteiger partial charge in [-0.2, -0.15) is 0 Å². The summed E-state index contributed by atoms with van der Waals surface area (Å²) in [7, 11) is 0. The highest BCUT2D eigenvalue weighted by Gasteiger charge is 2.23. The summed E-state index contributed by atoms with van der Waals surface area (Å²) in [6, 6.07) is 4.42. The lowest BCUT2D eigenvalue weighted by Crippen LogP contribution is -2.27. The lowest BCUT2D eigenvalue weighted by Gasteiger charge is -2.21. The van der Waals surface area contributed by atoms with Crippen LogP contribution in [0.4, 0.5) is 4.39 Å². The number of nitrogens with one attached hydrogen (secondary N) is 1. The molecule has 0 radical (unpaired) electrons. The molecule has 5 heteroatoms. The predicted molar refractivity (Wildman–Crippen MR) is 79.4 cm³/mol. The Hall–Kier alpha value is -1.39. The van der Waals surface area contributed by atoms with Gasteiger partial charge in [-0.25, -0.2) is 9.37 Å². The number of aryl methyl sites for hydroxylation is 1. The molecule has 0 aliphatic heterocycles. The Kier molecular flexibility index (Phi) is 5.15. The first-order valence-corrected chi connectivity index (χ1v) is 7.25. The topological polar surface area (TPSA) is 29.9 Å². The van der Waals surface area contributed by atoms with Crippen molar-refractivity contribution in [1.82, 2.24) is 14.9 Å². The summed E-state index contributed by atoms with van der Waals surface area (Å²) >= 11 is 6.20. The van der Waals surface area contributed by atoms with Crippen LogP contribution in [0.1, 0.15) is 37.7 Å². The van der Waals surface area contributed by atoms with E-state index >= 15 is 0 Å². The van der Waals surface area contributed by atoms with Crippen LogP contribution in [-0.2, 0) is 6.54 Å². The summed E-state index contributed by atoms with van der Waals surface area (Å²) < 4.78 is 16.2. The molecular formula is C15H19ClFN3. The Labute approximate surface area is 123 Å². The van der Waals surface area contributed by atoms with Gasteiger partial charge in [-0.3, -0.25) is 0 Å². The third-order valence-electron chi connectivity index (χ3n) is 3.23. The number of nitrogens with zero attached hydrogens (tertiary/aromatic N) is 2. The maximum absolute atomic E-state index is 14.2. The molecule has 0 saturated heterocycles. The molecule has 108 valence electrons. The van der Waals surface area contributed by atoms with Crippen LogP contribution in [0.2, 0.25) is 5.02 Å². The Balaban J connectivity index is 2.47. The van der Waals surface area contributed by atoms with Gasteiger partial charge in [-0.15, -0.1) is 0 Å². The van der Waals surface area contributed by atoms with E-state index in [9.17, 15) is 4.39 Å². The second-order valence-corrected chi connectivity index (χ2v) is 5.00. The maximum Gasteiger partial charge on any atom is 0.130 e. The van der Waals surface area contributed by atoms with Crippen LogP contribution < -0.4 is 5.32 Å². The van der Waals surface area contributed by atoms with Gasteiger partial charge in [-0.05, 0) is 32.0 Å². The van der Waals surface area contributed by atoms with Crippen molar-refractivity contribution in [2.75, 3.05) is 6.54 Å². The first kappa shape index (κ1) is 15.0. The Morgan fingerprint density at radius 3 is 2.85 bits per heavy atom. The molecule has 1 heterocycles. The zero-order valence-corrected chi connectivity index (χ0v) is 12.5.